The van der Waals surface area contributed by atoms with Gasteiger partial charge in [0.05, 0.1) is 29.2 Å². The molecule has 0 aliphatic heterocycles. The fraction of sp³-hybridized carbons (Fsp3) is 0.286. The Hall–Kier alpha value is -2.82. The number of halogens is 2. The fourth-order valence-electron chi connectivity index (χ4n) is 4.15. The van der Waals surface area contributed by atoms with Crippen molar-refractivity contribution in [2.75, 3.05) is 0 Å². The molecule has 0 heterocycles. The van der Waals surface area contributed by atoms with E-state index in [2.05, 4.69) is 30.4 Å². The average molecular weight is 476 g/mol. The number of benzene rings is 3. The predicted octanol–water partition coefficient (Wildman–Crippen LogP) is 7.46. The molecule has 0 fully saturated rings. The normalized spacial score (nSPS) is 14.0. The minimum atomic E-state index is -0.668. The zero-order valence-electron chi connectivity index (χ0n) is 19.0. The van der Waals surface area contributed by atoms with Crippen LogP contribution in [0, 0.1) is 28.1 Å². The van der Waals surface area contributed by atoms with E-state index in [1.54, 1.807) is 0 Å². The molecule has 0 aromatic heterocycles. The second-order valence-electron chi connectivity index (χ2n) is 8.95. The highest BCUT2D eigenvalue weighted by Crippen LogP contribution is 2.36. The highest BCUT2D eigenvalue weighted by Gasteiger charge is 2.34. The number of hydrogen-bond donors (Lipinski definition) is 1. The van der Waals surface area contributed by atoms with Crippen LogP contribution in [0.15, 0.2) is 72.8 Å². The highest BCUT2D eigenvalue weighted by molar-refractivity contribution is 6.30. The molecule has 168 valence electrons. The van der Waals surface area contributed by atoms with E-state index in [9.17, 15) is 10.5 Å². The molecular formula is C28H27Cl2N3. The Morgan fingerprint density at radius 1 is 0.879 bits per heavy atom. The van der Waals surface area contributed by atoms with Gasteiger partial charge >= 0.3 is 0 Å². The molecule has 0 radical (unpaired) electrons. The number of hydrogen-bond acceptors (Lipinski definition) is 3. The molecule has 3 rings (SSSR count). The molecule has 0 spiro atoms. The van der Waals surface area contributed by atoms with Crippen molar-refractivity contribution in [1.29, 1.82) is 10.5 Å². The first-order chi connectivity index (χ1) is 15.7. The minimum Gasteiger partial charge on any atom is -0.305 e. The van der Waals surface area contributed by atoms with Crippen molar-refractivity contribution < 1.29 is 0 Å². The Morgan fingerprint density at radius 2 is 1.55 bits per heavy atom. The van der Waals surface area contributed by atoms with Crippen LogP contribution in [0.2, 0.25) is 10.0 Å². The lowest BCUT2D eigenvalue weighted by atomic mass is 9.79. The van der Waals surface area contributed by atoms with Crippen LogP contribution in [0.4, 0.5) is 0 Å². The number of nitriles is 2. The van der Waals surface area contributed by atoms with Crippen LogP contribution < -0.4 is 5.32 Å². The first kappa shape index (κ1) is 24.8. The minimum absolute atomic E-state index is 0.00812. The fourth-order valence-corrected chi connectivity index (χ4v) is 4.47. The SMILES string of the molecule is C[C@H](N[C@@H](c1cccc(Cl)c1)C(C)(C)C#N)C(Cc1ccc(Cl)cc1)c1cccc(C#N)c1. The first-order valence-corrected chi connectivity index (χ1v) is 11.7. The average Bonchev–Trinajstić information content (AvgIpc) is 2.81. The van der Waals surface area contributed by atoms with E-state index in [1.165, 1.54) is 0 Å². The molecule has 0 aliphatic rings. The Kier molecular flexibility index (Phi) is 8.17. The molecule has 0 bridgehead atoms. The van der Waals surface area contributed by atoms with Crippen molar-refractivity contribution in [2.24, 2.45) is 5.41 Å². The molecule has 3 aromatic rings. The lowest BCUT2D eigenvalue weighted by molar-refractivity contribution is 0.281. The summed E-state index contributed by atoms with van der Waals surface area (Å²) < 4.78 is 0. The molecule has 3 aromatic carbocycles. The van der Waals surface area contributed by atoms with Crippen molar-refractivity contribution in [3.63, 3.8) is 0 Å². The van der Waals surface area contributed by atoms with Crippen molar-refractivity contribution >= 4 is 23.2 Å². The van der Waals surface area contributed by atoms with Crippen LogP contribution in [-0.4, -0.2) is 6.04 Å². The second-order valence-corrected chi connectivity index (χ2v) is 9.82. The van der Waals surface area contributed by atoms with Gasteiger partial charge in [-0.25, -0.2) is 0 Å². The maximum absolute atomic E-state index is 9.92. The number of nitrogens with zero attached hydrogens (tertiary/aromatic N) is 2. The third-order valence-corrected chi connectivity index (χ3v) is 6.52. The highest BCUT2D eigenvalue weighted by atomic mass is 35.5. The van der Waals surface area contributed by atoms with E-state index in [1.807, 2.05) is 80.6 Å². The van der Waals surface area contributed by atoms with E-state index >= 15 is 0 Å². The van der Waals surface area contributed by atoms with Crippen molar-refractivity contribution in [3.05, 3.63) is 105 Å². The van der Waals surface area contributed by atoms with Gasteiger partial charge in [0.25, 0.3) is 0 Å². The molecule has 0 aliphatic carbocycles. The molecule has 0 amide bonds. The Bertz CT molecular complexity index is 1170. The van der Waals surface area contributed by atoms with Gasteiger partial charge < -0.3 is 5.32 Å². The van der Waals surface area contributed by atoms with Gasteiger partial charge in [-0.15, -0.1) is 0 Å². The molecule has 1 N–H and O–H groups in total. The first-order valence-electron chi connectivity index (χ1n) is 10.9. The summed E-state index contributed by atoms with van der Waals surface area (Å²) >= 11 is 12.4. The Morgan fingerprint density at radius 3 is 2.18 bits per heavy atom. The van der Waals surface area contributed by atoms with Crippen LogP contribution in [0.5, 0.6) is 0 Å². The van der Waals surface area contributed by atoms with Gasteiger partial charge in [0, 0.05) is 22.0 Å². The van der Waals surface area contributed by atoms with Crippen LogP contribution in [0.25, 0.3) is 0 Å². The quantitative estimate of drug-likeness (QED) is 0.367. The summed E-state index contributed by atoms with van der Waals surface area (Å²) in [5.74, 6) is 0.0654. The molecule has 0 saturated carbocycles. The second kappa shape index (κ2) is 10.9. The predicted molar refractivity (Wildman–Crippen MR) is 135 cm³/mol. The summed E-state index contributed by atoms with van der Waals surface area (Å²) in [6, 6.07) is 27.7. The van der Waals surface area contributed by atoms with Crippen molar-refractivity contribution in [1.82, 2.24) is 5.32 Å². The van der Waals surface area contributed by atoms with Gasteiger partial charge in [0.2, 0.25) is 0 Å². The maximum atomic E-state index is 9.92. The Balaban J connectivity index is 1.99. The molecule has 3 nitrogen and oxygen atoms in total. The lowest BCUT2D eigenvalue weighted by Gasteiger charge is -2.36. The summed E-state index contributed by atoms with van der Waals surface area (Å²) in [5.41, 5.74) is 3.16. The van der Waals surface area contributed by atoms with E-state index in [0.717, 1.165) is 23.1 Å². The van der Waals surface area contributed by atoms with Gasteiger partial charge in [0.1, 0.15) is 0 Å². The summed E-state index contributed by atoms with van der Waals surface area (Å²) in [5, 5.41) is 24.4. The molecule has 5 heteroatoms. The monoisotopic (exact) mass is 475 g/mol. The van der Waals surface area contributed by atoms with E-state index in [0.29, 0.717) is 15.6 Å². The van der Waals surface area contributed by atoms with Crippen LogP contribution >= 0.6 is 23.2 Å². The van der Waals surface area contributed by atoms with E-state index in [4.69, 9.17) is 23.2 Å². The number of rotatable bonds is 8. The zero-order chi connectivity index (χ0) is 24.0. The topological polar surface area (TPSA) is 59.6 Å². The summed E-state index contributed by atoms with van der Waals surface area (Å²) in [4.78, 5) is 0. The standard InChI is InChI=1S/C28H27Cl2N3/c1-19(33-27(28(2,3)18-32)23-8-5-9-25(30)16-23)26(15-20-10-12-24(29)13-11-20)22-7-4-6-21(14-22)17-31/h4-14,16,19,26-27,33H,15H2,1-3H3/t19-,26?,27-/m0/s1. The molecule has 0 saturated heterocycles. The van der Waals surface area contributed by atoms with Crippen LogP contribution in [-0.2, 0) is 6.42 Å². The largest absolute Gasteiger partial charge is 0.305 e. The van der Waals surface area contributed by atoms with Gasteiger partial charge in [-0.1, -0.05) is 59.6 Å². The van der Waals surface area contributed by atoms with E-state index in [-0.39, 0.29) is 18.0 Å². The van der Waals surface area contributed by atoms with Gasteiger partial charge in [-0.05, 0) is 80.3 Å². The molecule has 33 heavy (non-hydrogen) atoms. The molecular weight excluding hydrogens is 449 g/mol. The molecule has 3 atom stereocenters. The van der Waals surface area contributed by atoms with E-state index < -0.39 is 5.41 Å². The summed E-state index contributed by atoms with van der Waals surface area (Å²) in [6.45, 7) is 6.00. The zero-order valence-corrected chi connectivity index (χ0v) is 20.5. The Labute approximate surface area is 206 Å². The maximum Gasteiger partial charge on any atom is 0.0991 e. The van der Waals surface area contributed by atoms with Crippen molar-refractivity contribution in [3.8, 4) is 12.1 Å². The molecule has 1 unspecified atom stereocenters. The van der Waals surface area contributed by atoms with Gasteiger partial charge in [-0.3, -0.25) is 0 Å². The smallest absolute Gasteiger partial charge is 0.0991 e. The lowest BCUT2D eigenvalue weighted by Crippen LogP contribution is -2.42. The third-order valence-electron chi connectivity index (χ3n) is 6.04. The van der Waals surface area contributed by atoms with Crippen LogP contribution in [0.3, 0.4) is 0 Å². The summed E-state index contributed by atoms with van der Waals surface area (Å²) in [7, 11) is 0. The third kappa shape index (κ3) is 6.37. The summed E-state index contributed by atoms with van der Waals surface area (Å²) in [6.07, 6.45) is 0.759. The van der Waals surface area contributed by atoms with Crippen LogP contribution in [0.1, 0.15) is 55.0 Å². The van der Waals surface area contributed by atoms with Crippen molar-refractivity contribution in [2.45, 2.75) is 45.2 Å². The van der Waals surface area contributed by atoms with Gasteiger partial charge in [-0.2, -0.15) is 10.5 Å². The van der Waals surface area contributed by atoms with Gasteiger partial charge in [0.15, 0.2) is 0 Å². The number of nitrogens with one attached hydrogen (secondary N) is 1.